The summed E-state index contributed by atoms with van der Waals surface area (Å²) in [6.07, 6.45) is 1.78. The van der Waals surface area contributed by atoms with Crippen LogP contribution in [-0.4, -0.2) is 59.4 Å². The highest BCUT2D eigenvalue weighted by Crippen LogP contribution is 2.42. The minimum Gasteiger partial charge on any atom is -0.481 e. The molecular formula is C20H27N5O4. The Morgan fingerprint density at radius 1 is 1.28 bits per heavy atom. The number of carboxylic acids is 1. The molecule has 2 aliphatic rings. The van der Waals surface area contributed by atoms with Crippen LogP contribution in [0.5, 0.6) is 0 Å². The predicted molar refractivity (Wildman–Crippen MR) is 108 cm³/mol. The Kier molecular flexibility index (Phi) is 5.76. The number of carbonyl (C=O) groups is 3. The molecule has 0 aromatic heterocycles. The summed E-state index contributed by atoms with van der Waals surface area (Å²) < 4.78 is 0. The molecule has 156 valence electrons. The van der Waals surface area contributed by atoms with Crippen molar-refractivity contribution in [2.45, 2.75) is 38.6 Å². The molecule has 1 unspecified atom stereocenters. The Balaban J connectivity index is 1.58. The van der Waals surface area contributed by atoms with E-state index in [0.717, 1.165) is 18.5 Å². The van der Waals surface area contributed by atoms with Gasteiger partial charge in [-0.1, -0.05) is 0 Å². The van der Waals surface area contributed by atoms with Crippen molar-refractivity contribution in [3.05, 3.63) is 29.8 Å². The van der Waals surface area contributed by atoms with Crippen molar-refractivity contribution in [2.75, 3.05) is 24.5 Å². The fourth-order valence-electron chi connectivity index (χ4n) is 4.09. The zero-order valence-electron chi connectivity index (χ0n) is 16.5. The first-order valence-electron chi connectivity index (χ1n) is 9.71. The third-order valence-corrected chi connectivity index (χ3v) is 5.77. The fraction of sp³-hybridized carbons (Fsp3) is 0.500. The first-order valence-corrected chi connectivity index (χ1v) is 9.71. The number of nitrogens with zero attached hydrogens (tertiary/aromatic N) is 2. The van der Waals surface area contributed by atoms with Crippen molar-refractivity contribution in [1.29, 1.82) is 5.41 Å². The van der Waals surface area contributed by atoms with Crippen LogP contribution >= 0.6 is 0 Å². The predicted octanol–water partition coefficient (Wildman–Crippen LogP) is 1.36. The Hall–Kier alpha value is -3.10. The van der Waals surface area contributed by atoms with Crippen molar-refractivity contribution < 1.29 is 19.5 Å². The van der Waals surface area contributed by atoms with Gasteiger partial charge < -0.3 is 26.0 Å². The zero-order chi connectivity index (χ0) is 21.2. The molecular weight excluding hydrogens is 374 g/mol. The molecule has 1 aromatic carbocycles. The van der Waals surface area contributed by atoms with Crippen LogP contribution < -0.4 is 16.0 Å². The smallest absolute Gasteiger partial charge is 0.317 e. The van der Waals surface area contributed by atoms with E-state index >= 15 is 0 Å². The van der Waals surface area contributed by atoms with E-state index in [1.807, 2.05) is 0 Å². The van der Waals surface area contributed by atoms with Gasteiger partial charge in [0.2, 0.25) is 5.91 Å². The number of urea groups is 1. The number of hydrogen-bond donors (Lipinski definition) is 4. The molecule has 0 saturated carbocycles. The molecule has 0 bridgehead atoms. The van der Waals surface area contributed by atoms with E-state index in [0.29, 0.717) is 31.6 Å². The lowest BCUT2D eigenvalue weighted by atomic mass is 9.77. The number of carbonyl (C=O) groups excluding carboxylic acids is 2. The van der Waals surface area contributed by atoms with Crippen LogP contribution in [0.3, 0.4) is 0 Å². The normalized spacial score (nSPS) is 19.3. The maximum atomic E-state index is 12.6. The Labute approximate surface area is 169 Å². The number of amides is 3. The number of benzene rings is 1. The number of nitrogen functional groups attached to an aromatic ring is 1. The van der Waals surface area contributed by atoms with Crippen LogP contribution in [0.1, 0.15) is 38.2 Å². The standard InChI is InChI=1S/C20H27N5O4/c1-13(10-17(27)28)23-19(29)24-8-6-20(7-9-24)11-16(26)25(12-20)15-4-2-14(3-5-15)18(21)22/h2-5,13H,6-12H2,1H3,(H3,21,22)(H,23,29)(H,27,28). The summed E-state index contributed by atoms with van der Waals surface area (Å²) in [4.78, 5) is 39.2. The van der Waals surface area contributed by atoms with Gasteiger partial charge in [-0.2, -0.15) is 0 Å². The molecule has 9 heteroatoms. The van der Waals surface area contributed by atoms with Crippen molar-refractivity contribution in [3.8, 4) is 0 Å². The van der Waals surface area contributed by atoms with Gasteiger partial charge in [-0.3, -0.25) is 15.0 Å². The van der Waals surface area contributed by atoms with Gasteiger partial charge in [0.15, 0.2) is 0 Å². The zero-order valence-corrected chi connectivity index (χ0v) is 16.5. The van der Waals surface area contributed by atoms with Crippen LogP contribution in [-0.2, 0) is 9.59 Å². The minimum absolute atomic E-state index is 0.0101. The molecule has 2 aliphatic heterocycles. The molecule has 29 heavy (non-hydrogen) atoms. The SMILES string of the molecule is CC(CC(=O)O)NC(=O)N1CCC2(CC1)CC(=O)N(c1ccc(C(=N)N)cc1)C2. The van der Waals surface area contributed by atoms with Gasteiger partial charge in [0, 0.05) is 48.8 Å². The summed E-state index contributed by atoms with van der Waals surface area (Å²) in [7, 11) is 0. The molecule has 2 heterocycles. The Morgan fingerprint density at radius 2 is 1.90 bits per heavy atom. The number of nitrogens with two attached hydrogens (primary N) is 1. The molecule has 5 N–H and O–H groups in total. The quantitative estimate of drug-likeness (QED) is 0.436. The largest absolute Gasteiger partial charge is 0.481 e. The summed E-state index contributed by atoms with van der Waals surface area (Å²) >= 11 is 0. The Morgan fingerprint density at radius 3 is 2.45 bits per heavy atom. The first-order chi connectivity index (χ1) is 13.7. The van der Waals surface area contributed by atoms with Gasteiger partial charge in [-0.25, -0.2) is 4.79 Å². The van der Waals surface area contributed by atoms with Gasteiger partial charge in [0.05, 0.1) is 6.42 Å². The third kappa shape index (κ3) is 4.67. The molecule has 2 saturated heterocycles. The van der Waals surface area contributed by atoms with Gasteiger partial charge in [-0.05, 0) is 44.0 Å². The minimum atomic E-state index is -0.948. The van der Waals surface area contributed by atoms with E-state index in [9.17, 15) is 14.4 Å². The summed E-state index contributed by atoms with van der Waals surface area (Å²) in [5, 5.41) is 19.0. The lowest BCUT2D eigenvalue weighted by Crippen LogP contribution is -2.50. The molecule has 2 fully saturated rings. The number of carboxylic acid groups (broad SMARTS) is 1. The summed E-state index contributed by atoms with van der Waals surface area (Å²) in [6, 6.07) is 6.40. The second kappa shape index (κ2) is 8.10. The molecule has 3 amide bonds. The highest BCUT2D eigenvalue weighted by atomic mass is 16.4. The second-order valence-corrected chi connectivity index (χ2v) is 8.05. The van der Waals surface area contributed by atoms with Crippen LogP contribution in [0.25, 0.3) is 0 Å². The lowest BCUT2D eigenvalue weighted by molar-refractivity contribution is -0.137. The molecule has 0 radical (unpaired) electrons. The lowest BCUT2D eigenvalue weighted by Gasteiger charge is -2.39. The number of rotatable bonds is 5. The number of hydrogen-bond acceptors (Lipinski definition) is 4. The second-order valence-electron chi connectivity index (χ2n) is 8.05. The molecule has 3 rings (SSSR count). The number of anilines is 1. The molecule has 1 spiro atoms. The average molecular weight is 401 g/mol. The summed E-state index contributed by atoms with van der Waals surface area (Å²) in [5.41, 5.74) is 6.74. The number of likely N-dealkylation sites (tertiary alicyclic amines) is 1. The number of amidine groups is 1. The van der Waals surface area contributed by atoms with Crippen molar-refractivity contribution in [3.63, 3.8) is 0 Å². The fourth-order valence-corrected chi connectivity index (χ4v) is 4.09. The van der Waals surface area contributed by atoms with Crippen LogP contribution in [0, 0.1) is 10.8 Å². The van der Waals surface area contributed by atoms with E-state index in [1.54, 1.807) is 41.0 Å². The topological polar surface area (TPSA) is 140 Å². The molecule has 1 atom stereocenters. The molecule has 9 nitrogen and oxygen atoms in total. The van der Waals surface area contributed by atoms with E-state index < -0.39 is 12.0 Å². The van der Waals surface area contributed by atoms with E-state index in [4.69, 9.17) is 16.2 Å². The van der Waals surface area contributed by atoms with Crippen LogP contribution in [0.15, 0.2) is 24.3 Å². The van der Waals surface area contributed by atoms with Crippen molar-refractivity contribution >= 4 is 29.4 Å². The maximum absolute atomic E-state index is 12.6. The third-order valence-electron chi connectivity index (χ3n) is 5.77. The van der Waals surface area contributed by atoms with Gasteiger partial charge in [0.1, 0.15) is 5.84 Å². The van der Waals surface area contributed by atoms with E-state index in [1.165, 1.54) is 0 Å². The van der Waals surface area contributed by atoms with E-state index in [2.05, 4.69) is 5.32 Å². The number of piperidine rings is 1. The molecule has 0 aliphatic carbocycles. The number of nitrogens with one attached hydrogen (secondary N) is 2. The number of aliphatic carboxylic acids is 1. The van der Waals surface area contributed by atoms with Crippen LogP contribution in [0.2, 0.25) is 0 Å². The van der Waals surface area contributed by atoms with Crippen molar-refractivity contribution in [1.82, 2.24) is 10.2 Å². The first kappa shape index (κ1) is 20.6. The Bertz CT molecular complexity index is 815. The summed E-state index contributed by atoms with van der Waals surface area (Å²) in [6.45, 7) is 3.35. The van der Waals surface area contributed by atoms with Gasteiger partial charge in [-0.15, -0.1) is 0 Å². The van der Waals surface area contributed by atoms with Gasteiger partial charge >= 0.3 is 12.0 Å². The monoisotopic (exact) mass is 401 g/mol. The molecule has 1 aromatic rings. The highest BCUT2D eigenvalue weighted by Gasteiger charge is 2.46. The summed E-state index contributed by atoms with van der Waals surface area (Å²) in [5.74, 6) is -0.895. The average Bonchev–Trinajstić information content (AvgIpc) is 2.97. The van der Waals surface area contributed by atoms with Crippen molar-refractivity contribution in [2.24, 2.45) is 11.1 Å². The highest BCUT2D eigenvalue weighted by molar-refractivity contribution is 5.98. The maximum Gasteiger partial charge on any atom is 0.317 e. The van der Waals surface area contributed by atoms with E-state index in [-0.39, 0.29) is 29.6 Å². The van der Waals surface area contributed by atoms with Gasteiger partial charge in [0.25, 0.3) is 0 Å². The van der Waals surface area contributed by atoms with Crippen LogP contribution in [0.4, 0.5) is 10.5 Å².